The first kappa shape index (κ1) is 12.1. The van der Waals surface area contributed by atoms with Crippen molar-refractivity contribution < 1.29 is 4.74 Å². The minimum Gasteiger partial charge on any atom is -0.496 e. The highest BCUT2D eigenvalue weighted by Gasteiger charge is 2.08. The van der Waals surface area contributed by atoms with Crippen molar-refractivity contribution in [3.63, 3.8) is 0 Å². The van der Waals surface area contributed by atoms with Gasteiger partial charge in [-0.05, 0) is 25.6 Å². The molecule has 0 amide bonds. The topological polar surface area (TPSA) is 34.2 Å². The van der Waals surface area contributed by atoms with Gasteiger partial charge in [-0.1, -0.05) is 12.1 Å². The van der Waals surface area contributed by atoms with Crippen molar-refractivity contribution in [2.45, 2.75) is 13.5 Å². The Morgan fingerprint density at radius 2 is 2.24 bits per heavy atom. The third-order valence-corrected chi connectivity index (χ3v) is 3.64. The predicted octanol–water partition coefficient (Wildman–Crippen LogP) is 2.85. The van der Waals surface area contributed by atoms with Crippen LogP contribution in [0.2, 0.25) is 0 Å². The van der Waals surface area contributed by atoms with Crippen LogP contribution in [0.3, 0.4) is 0 Å². The van der Waals surface area contributed by atoms with Gasteiger partial charge in [0.1, 0.15) is 5.75 Å². The highest BCUT2D eigenvalue weighted by Crippen LogP contribution is 2.31. The summed E-state index contributed by atoms with van der Waals surface area (Å²) < 4.78 is 5.42. The first-order valence-electron chi connectivity index (χ1n) is 5.48. The zero-order valence-corrected chi connectivity index (χ0v) is 11.1. The number of thiazole rings is 1. The molecule has 1 heterocycles. The van der Waals surface area contributed by atoms with Gasteiger partial charge in [0, 0.05) is 12.1 Å². The molecular weight excluding hydrogens is 232 g/mol. The standard InChI is InChI=1S/C13H16N2OS/c1-9-13(17-8-15-9)10-4-5-11(7-14-2)12(6-10)16-3/h4-6,8,14H,7H2,1-3H3. The average molecular weight is 248 g/mol. The zero-order valence-electron chi connectivity index (χ0n) is 10.3. The van der Waals surface area contributed by atoms with Crippen LogP contribution in [0, 0.1) is 6.92 Å². The van der Waals surface area contributed by atoms with E-state index >= 15 is 0 Å². The van der Waals surface area contributed by atoms with Crippen molar-refractivity contribution in [3.8, 4) is 16.2 Å². The highest BCUT2D eigenvalue weighted by molar-refractivity contribution is 7.13. The van der Waals surface area contributed by atoms with Crippen LogP contribution in [-0.2, 0) is 6.54 Å². The molecule has 1 aromatic carbocycles. The van der Waals surface area contributed by atoms with E-state index in [1.165, 1.54) is 16.0 Å². The highest BCUT2D eigenvalue weighted by atomic mass is 32.1. The lowest BCUT2D eigenvalue weighted by molar-refractivity contribution is 0.408. The molecule has 0 saturated heterocycles. The summed E-state index contributed by atoms with van der Waals surface area (Å²) in [4.78, 5) is 5.48. The van der Waals surface area contributed by atoms with Gasteiger partial charge in [0.05, 0.1) is 23.2 Å². The van der Waals surface area contributed by atoms with Crippen LogP contribution in [0.15, 0.2) is 23.7 Å². The van der Waals surface area contributed by atoms with E-state index < -0.39 is 0 Å². The lowest BCUT2D eigenvalue weighted by Crippen LogP contribution is -2.06. The monoisotopic (exact) mass is 248 g/mol. The summed E-state index contributed by atoms with van der Waals surface area (Å²) in [5, 5.41) is 3.13. The van der Waals surface area contributed by atoms with Crippen molar-refractivity contribution in [2.75, 3.05) is 14.2 Å². The number of hydrogen-bond donors (Lipinski definition) is 1. The van der Waals surface area contributed by atoms with Crippen molar-refractivity contribution in [1.82, 2.24) is 10.3 Å². The maximum absolute atomic E-state index is 5.42. The van der Waals surface area contributed by atoms with Crippen LogP contribution in [0.1, 0.15) is 11.3 Å². The molecule has 0 fully saturated rings. The predicted molar refractivity (Wildman–Crippen MR) is 71.6 cm³/mol. The minimum absolute atomic E-state index is 0.811. The Labute approximate surface area is 105 Å². The fraction of sp³-hybridized carbons (Fsp3) is 0.308. The molecule has 2 aromatic rings. The second-order valence-corrected chi connectivity index (χ2v) is 4.68. The second kappa shape index (κ2) is 5.29. The molecule has 4 heteroatoms. The van der Waals surface area contributed by atoms with E-state index in [0.717, 1.165) is 18.0 Å². The van der Waals surface area contributed by atoms with Gasteiger partial charge in [-0.15, -0.1) is 11.3 Å². The Bertz CT molecular complexity index is 508. The maximum Gasteiger partial charge on any atom is 0.123 e. The summed E-state index contributed by atoms with van der Waals surface area (Å²) >= 11 is 1.66. The molecule has 0 saturated carbocycles. The Hall–Kier alpha value is -1.39. The van der Waals surface area contributed by atoms with Crippen molar-refractivity contribution in [1.29, 1.82) is 0 Å². The number of aryl methyl sites for hydroxylation is 1. The molecule has 0 atom stereocenters. The van der Waals surface area contributed by atoms with Gasteiger partial charge in [0.25, 0.3) is 0 Å². The molecule has 1 aromatic heterocycles. The molecule has 0 bridgehead atoms. The van der Waals surface area contributed by atoms with E-state index in [4.69, 9.17) is 4.74 Å². The van der Waals surface area contributed by atoms with E-state index in [1.807, 2.05) is 19.5 Å². The lowest BCUT2D eigenvalue weighted by Gasteiger charge is -2.10. The molecule has 0 unspecified atom stereocenters. The summed E-state index contributed by atoms with van der Waals surface area (Å²) in [6.45, 7) is 2.84. The normalized spacial score (nSPS) is 10.5. The number of methoxy groups -OCH3 is 1. The lowest BCUT2D eigenvalue weighted by atomic mass is 10.1. The van der Waals surface area contributed by atoms with Crippen LogP contribution < -0.4 is 10.1 Å². The van der Waals surface area contributed by atoms with Crippen molar-refractivity contribution >= 4 is 11.3 Å². The van der Waals surface area contributed by atoms with E-state index in [0.29, 0.717) is 0 Å². The van der Waals surface area contributed by atoms with Crippen LogP contribution in [0.4, 0.5) is 0 Å². The zero-order chi connectivity index (χ0) is 12.3. The summed E-state index contributed by atoms with van der Waals surface area (Å²) in [6.07, 6.45) is 0. The van der Waals surface area contributed by atoms with Crippen molar-refractivity contribution in [2.24, 2.45) is 0 Å². The largest absolute Gasteiger partial charge is 0.496 e. The van der Waals surface area contributed by atoms with E-state index in [9.17, 15) is 0 Å². The maximum atomic E-state index is 5.42. The molecule has 1 N–H and O–H groups in total. The molecule has 0 spiro atoms. The van der Waals surface area contributed by atoms with Gasteiger partial charge >= 0.3 is 0 Å². The summed E-state index contributed by atoms with van der Waals surface area (Å²) in [5.74, 6) is 0.921. The first-order chi connectivity index (χ1) is 8.26. The van der Waals surface area contributed by atoms with E-state index in [-0.39, 0.29) is 0 Å². The van der Waals surface area contributed by atoms with Crippen LogP contribution >= 0.6 is 11.3 Å². The number of ether oxygens (including phenoxy) is 1. The summed E-state index contributed by atoms with van der Waals surface area (Å²) in [5.41, 5.74) is 5.28. The van der Waals surface area contributed by atoms with Crippen LogP contribution in [0.5, 0.6) is 5.75 Å². The molecule has 0 aliphatic heterocycles. The molecule has 0 radical (unpaired) electrons. The third-order valence-electron chi connectivity index (χ3n) is 2.66. The summed E-state index contributed by atoms with van der Waals surface area (Å²) in [7, 11) is 3.64. The van der Waals surface area contributed by atoms with Gasteiger partial charge in [0.15, 0.2) is 0 Å². The van der Waals surface area contributed by atoms with Gasteiger partial charge < -0.3 is 10.1 Å². The molecule has 90 valence electrons. The smallest absolute Gasteiger partial charge is 0.123 e. The molecule has 3 nitrogen and oxygen atoms in total. The summed E-state index contributed by atoms with van der Waals surface area (Å²) in [6, 6.07) is 6.30. The third kappa shape index (κ3) is 2.48. The average Bonchev–Trinajstić information content (AvgIpc) is 2.76. The Kier molecular flexibility index (Phi) is 3.76. The first-order valence-corrected chi connectivity index (χ1v) is 6.36. The fourth-order valence-electron chi connectivity index (χ4n) is 1.80. The van der Waals surface area contributed by atoms with Crippen molar-refractivity contribution in [3.05, 3.63) is 35.0 Å². The molecule has 17 heavy (non-hydrogen) atoms. The minimum atomic E-state index is 0.811. The number of hydrogen-bond acceptors (Lipinski definition) is 4. The van der Waals surface area contributed by atoms with E-state index in [2.05, 4.69) is 28.5 Å². The molecule has 0 aliphatic carbocycles. The number of aromatic nitrogens is 1. The van der Waals surface area contributed by atoms with Gasteiger partial charge in [-0.3, -0.25) is 0 Å². The fourth-order valence-corrected chi connectivity index (χ4v) is 2.60. The number of rotatable bonds is 4. The molecular formula is C13H16N2OS. The van der Waals surface area contributed by atoms with Gasteiger partial charge in [-0.25, -0.2) is 4.98 Å². The van der Waals surface area contributed by atoms with Gasteiger partial charge in [-0.2, -0.15) is 0 Å². The van der Waals surface area contributed by atoms with Gasteiger partial charge in [0.2, 0.25) is 0 Å². The van der Waals surface area contributed by atoms with Crippen LogP contribution in [0.25, 0.3) is 10.4 Å². The van der Waals surface area contributed by atoms with E-state index in [1.54, 1.807) is 18.4 Å². The number of nitrogens with one attached hydrogen (secondary N) is 1. The Morgan fingerprint density at radius 1 is 1.41 bits per heavy atom. The second-order valence-electron chi connectivity index (χ2n) is 3.82. The molecule has 2 rings (SSSR count). The quantitative estimate of drug-likeness (QED) is 0.903. The SMILES string of the molecule is CNCc1ccc(-c2scnc2C)cc1OC. The number of nitrogens with zero attached hydrogens (tertiary/aromatic N) is 1. The van der Waals surface area contributed by atoms with Crippen LogP contribution in [-0.4, -0.2) is 19.1 Å². The molecule has 0 aliphatic rings. The Balaban J connectivity index is 2.41. The number of benzene rings is 1. The Morgan fingerprint density at radius 3 is 2.82 bits per heavy atom.